The Morgan fingerprint density at radius 1 is 1.29 bits per heavy atom. The second-order valence-corrected chi connectivity index (χ2v) is 5.99. The third-order valence-electron chi connectivity index (χ3n) is 3.38. The number of methoxy groups -OCH3 is 1. The van der Waals surface area contributed by atoms with Crippen LogP contribution in [-0.4, -0.2) is 13.7 Å². The van der Waals surface area contributed by atoms with Gasteiger partial charge in [-0.25, -0.2) is 0 Å². The van der Waals surface area contributed by atoms with E-state index in [0.29, 0.717) is 6.61 Å². The van der Waals surface area contributed by atoms with Crippen LogP contribution in [0.1, 0.15) is 42.0 Å². The molecule has 1 heterocycles. The van der Waals surface area contributed by atoms with Gasteiger partial charge in [-0.3, -0.25) is 0 Å². The van der Waals surface area contributed by atoms with Gasteiger partial charge in [0.15, 0.2) is 0 Å². The molecule has 0 spiro atoms. The van der Waals surface area contributed by atoms with Gasteiger partial charge in [-0.1, -0.05) is 35.0 Å². The summed E-state index contributed by atoms with van der Waals surface area (Å²) in [6, 6.07) is 10.5. The summed E-state index contributed by atoms with van der Waals surface area (Å²) < 4.78 is 12.1. The van der Waals surface area contributed by atoms with Crippen molar-refractivity contribution in [3.63, 3.8) is 0 Å². The van der Waals surface area contributed by atoms with Gasteiger partial charge in [0.2, 0.25) is 0 Å². The van der Waals surface area contributed by atoms with Crippen LogP contribution in [-0.2, 0) is 11.3 Å². The van der Waals surface area contributed by atoms with Crippen molar-refractivity contribution in [2.45, 2.75) is 32.9 Å². The fraction of sp³-hybridized carbons (Fsp3) is 0.412. The highest BCUT2D eigenvalue weighted by molar-refractivity contribution is 9.10. The molecular formula is C17H22BrNO2. The molecule has 0 saturated carbocycles. The van der Waals surface area contributed by atoms with Crippen molar-refractivity contribution >= 4 is 15.9 Å². The third-order valence-corrected chi connectivity index (χ3v) is 4.24. The Morgan fingerprint density at radius 3 is 2.76 bits per heavy atom. The fourth-order valence-corrected chi connectivity index (χ4v) is 2.63. The SMILES string of the molecule is CCCNC(c1ccc(C)c(Br)c1)c1ccc(COC)o1. The van der Waals surface area contributed by atoms with Crippen LogP contribution in [0.5, 0.6) is 0 Å². The van der Waals surface area contributed by atoms with E-state index in [2.05, 4.69) is 53.3 Å². The highest BCUT2D eigenvalue weighted by Crippen LogP contribution is 2.28. The zero-order valence-corrected chi connectivity index (χ0v) is 14.4. The van der Waals surface area contributed by atoms with Crippen LogP contribution in [0.25, 0.3) is 0 Å². The molecule has 2 rings (SSSR count). The van der Waals surface area contributed by atoms with E-state index in [4.69, 9.17) is 9.15 Å². The van der Waals surface area contributed by atoms with E-state index in [1.807, 2.05) is 12.1 Å². The number of ether oxygens (including phenoxy) is 1. The van der Waals surface area contributed by atoms with E-state index in [1.165, 1.54) is 11.1 Å². The Kier molecular flexibility index (Phi) is 6.03. The van der Waals surface area contributed by atoms with Crippen molar-refractivity contribution in [2.24, 2.45) is 0 Å². The predicted octanol–water partition coefficient (Wildman–Crippen LogP) is 4.59. The molecule has 0 saturated heterocycles. The van der Waals surface area contributed by atoms with E-state index < -0.39 is 0 Å². The van der Waals surface area contributed by atoms with E-state index in [-0.39, 0.29) is 6.04 Å². The molecule has 1 aromatic carbocycles. The number of hydrogen-bond acceptors (Lipinski definition) is 3. The first-order valence-corrected chi connectivity index (χ1v) is 8.02. The largest absolute Gasteiger partial charge is 0.462 e. The van der Waals surface area contributed by atoms with Gasteiger partial charge in [0, 0.05) is 11.6 Å². The molecule has 4 heteroatoms. The Morgan fingerprint density at radius 2 is 2.10 bits per heavy atom. The summed E-state index contributed by atoms with van der Waals surface area (Å²) in [6.45, 7) is 5.69. The molecule has 0 fully saturated rings. The smallest absolute Gasteiger partial charge is 0.129 e. The zero-order valence-electron chi connectivity index (χ0n) is 12.8. The molecule has 114 valence electrons. The minimum absolute atomic E-state index is 0.0625. The van der Waals surface area contributed by atoms with E-state index >= 15 is 0 Å². The van der Waals surface area contributed by atoms with Crippen molar-refractivity contribution in [2.75, 3.05) is 13.7 Å². The maximum atomic E-state index is 5.90. The molecule has 1 atom stereocenters. The summed E-state index contributed by atoms with van der Waals surface area (Å²) in [5, 5.41) is 3.55. The van der Waals surface area contributed by atoms with Gasteiger partial charge in [0.05, 0.1) is 6.04 Å². The first-order valence-electron chi connectivity index (χ1n) is 7.22. The Bertz CT molecular complexity index is 580. The minimum Gasteiger partial charge on any atom is -0.462 e. The Labute approximate surface area is 134 Å². The molecule has 0 bridgehead atoms. The van der Waals surface area contributed by atoms with Crippen molar-refractivity contribution in [3.05, 3.63) is 57.5 Å². The molecule has 21 heavy (non-hydrogen) atoms. The average Bonchev–Trinajstić information content (AvgIpc) is 2.92. The van der Waals surface area contributed by atoms with Crippen LogP contribution in [0.2, 0.25) is 0 Å². The van der Waals surface area contributed by atoms with E-state index in [9.17, 15) is 0 Å². The zero-order chi connectivity index (χ0) is 15.2. The van der Waals surface area contributed by atoms with Gasteiger partial charge in [-0.15, -0.1) is 0 Å². The number of aryl methyl sites for hydroxylation is 1. The first kappa shape index (κ1) is 16.3. The number of furan rings is 1. The average molecular weight is 352 g/mol. The van der Waals surface area contributed by atoms with Gasteiger partial charge < -0.3 is 14.5 Å². The van der Waals surface area contributed by atoms with Crippen molar-refractivity contribution in [1.29, 1.82) is 0 Å². The van der Waals surface area contributed by atoms with Crippen LogP contribution in [0.3, 0.4) is 0 Å². The van der Waals surface area contributed by atoms with Crippen molar-refractivity contribution in [1.82, 2.24) is 5.32 Å². The molecule has 3 nitrogen and oxygen atoms in total. The predicted molar refractivity (Wildman–Crippen MR) is 88.4 cm³/mol. The van der Waals surface area contributed by atoms with Crippen LogP contribution < -0.4 is 5.32 Å². The summed E-state index contributed by atoms with van der Waals surface area (Å²) in [6.07, 6.45) is 1.08. The molecule has 0 radical (unpaired) electrons. The van der Waals surface area contributed by atoms with E-state index in [1.54, 1.807) is 7.11 Å². The Hall–Kier alpha value is -1.10. The maximum Gasteiger partial charge on any atom is 0.129 e. The van der Waals surface area contributed by atoms with Crippen LogP contribution >= 0.6 is 15.9 Å². The van der Waals surface area contributed by atoms with Crippen LogP contribution in [0.4, 0.5) is 0 Å². The number of rotatable bonds is 7. The van der Waals surface area contributed by atoms with Gasteiger partial charge in [0.1, 0.15) is 18.1 Å². The lowest BCUT2D eigenvalue weighted by Gasteiger charge is -2.17. The van der Waals surface area contributed by atoms with Gasteiger partial charge in [-0.2, -0.15) is 0 Å². The summed E-state index contributed by atoms with van der Waals surface area (Å²) >= 11 is 3.61. The lowest BCUT2D eigenvalue weighted by atomic mass is 10.0. The second kappa shape index (κ2) is 7.78. The lowest BCUT2D eigenvalue weighted by molar-refractivity contribution is 0.162. The molecular weight excluding hydrogens is 330 g/mol. The standard InChI is InChI=1S/C17H22BrNO2/c1-4-9-19-17(13-6-5-12(2)15(18)10-13)16-8-7-14(21-16)11-20-3/h5-8,10,17,19H,4,9,11H2,1-3H3. The molecule has 1 unspecified atom stereocenters. The summed E-state index contributed by atoms with van der Waals surface area (Å²) in [7, 11) is 1.67. The van der Waals surface area contributed by atoms with Crippen molar-refractivity contribution < 1.29 is 9.15 Å². The maximum absolute atomic E-state index is 5.90. The fourth-order valence-electron chi connectivity index (χ4n) is 2.23. The third kappa shape index (κ3) is 4.19. The molecule has 0 aliphatic heterocycles. The molecule has 0 amide bonds. The Balaban J connectivity index is 2.29. The minimum atomic E-state index is 0.0625. The summed E-state index contributed by atoms with van der Waals surface area (Å²) in [5.41, 5.74) is 2.42. The summed E-state index contributed by atoms with van der Waals surface area (Å²) in [4.78, 5) is 0. The molecule has 2 aromatic rings. The summed E-state index contributed by atoms with van der Waals surface area (Å²) in [5.74, 6) is 1.77. The number of halogens is 1. The lowest BCUT2D eigenvalue weighted by Crippen LogP contribution is -2.22. The molecule has 0 aliphatic rings. The highest BCUT2D eigenvalue weighted by Gasteiger charge is 2.18. The molecule has 0 aliphatic carbocycles. The second-order valence-electron chi connectivity index (χ2n) is 5.13. The van der Waals surface area contributed by atoms with Gasteiger partial charge in [0.25, 0.3) is 0 Å². The van der Waals surface area contributed by atoms with Gasteiger partial charge in [-0.05, 0) is 49.2 Å². The van der Waals surface area contributed by atoms with E-state index in [0.717, 1.165) is 29.0 Å². The van der Waals surface area contributed by atoms with Crippen LogP contribution in [0, 0.1) is 6.92 Å². The number of nitrogens with one attached hydrogen (secondary N) is 1. The number of hydrogen-bond donors (Lipinski definition) is 1. The molecule has 1 N–H and O–H groups in total. The van der Waals surface area contributed by atoms with Gasteiger partial charge >= 0.3 is 0 Å². The monoisotopic (exact) mass is 351 g/mol. The normalized spacial score (nSPS) is 12.6. The number of benzene rings is 1. The molecule has 1 aromatic heterocycles. The topological polar surface area (TPSA) is 34.4 Å². The first-order chi connectivity index (χ1) is 10.2. The van der Waals surface area contributed by atoms with Crippen LogP contribution in [0.15, 0.2) is 39.2 Å². The van der Waals surface area contributed by atoms with Crippen molar-refractivity contribution in [3.8, 4) is 0 Å². The quantitative estimate of drug-likeness (QED) is 0.792. The highest BCUT2D eigenvalue weighted by atomic mass is 79.9.